The second-order valence-corrected chi connectivity index (χ2v) is 8.20. The molecule has 0 aliphatic carbocycles. The first-order chi connectivity index (χ1) is 15.4. The summed E-state index contributed by atoms with van der Waals surface area (Å²) >= 11 is 4.23. The molecule has 0 aliphatic heterocycles. The van der Waals surface area contributed by atoms with Gasteiger partial charge in [-0.25, -0.2) is 0 Å². The normalized spacial score (nSPS) is 12.5. The lowest BCUT2D eigenvalue weighted by Crippen LogP contribution is -2.16. The van der Waals surface area contributed by atoms with E-state index in [1.165, 1.54) is 0 Å². The maximum absolute atomic E-state index is 12.8. The summed E-state index contributed by atoms with van der Waals surface area (Å²) in [6.07, 6.45) is 1.55. The third-order valence-corrected chi connectivity index (χ3v) is 5.41. The van der Waals surface area contributed by atoms with Crippen molar-refractivity contribution in [2.45, 2.75) is 30.8 Å². The van der Waals surface area contributed by atoms with E-state index in [-0.39, 0.29) is 18.0 Å². The molecule has 0 radical (unpaired) electrons. The first-order valence-electron chi connectivity index (χ1n) is 10.2. The van der Waals surface area contributed by atoms with Crippen molar-refractivity contribution in [1.29, 1.82) is 0 Å². The summed E-state index contributed by atoms with van der Waals surface area (Å²) in [5, 5.41) is 20.5. The molecular weight excluding hydrogens is 420 g/mol. The molecule has 3 aromatic carbocycles. The molecule has 4 rings (SSSR count). The van der Waals surface area contributed by atoms with Gasteiger partial charge in [0.1, 0.15) is 17.1 Å². The summed E-state index contributed by atoms with van der Waals surface area (Å²) in [6.45, 7) is 1.58. The predicted molar refractivity (Wildman–Crippen MR) is 127 cm³/mol. The summed E-state index contributed by atoms with van der Waals surface area (Å²) < 4.78 is 5.94. The Morgan fingerprint density at radius 2 is 1.88 bits per heavy atom. The Kier molecular flexibility index (Phi) is 6.36. The molecule has 4 nitrogen and oxygen atoms in total. The Morgan fingerprint density at radius 3 is 2.56 bits per heavy atom. The minimum atomic E-state index is -0.906. The average molecular weight is 443 g/mol. The van der Waals surface area contributed by atoms with Crippen LogP contribution in [0.5, 0.6) is 5.75 Å². The summed E-state index contributed by atoms with van der Waals surface area (Å²) in [5.74, 6) is 0.782. The average Bonchev–Trinajstić information content (AvgIpc) is 3.16. The number of aliphatic hydroxyl groups is 1. The number of ketones is 1. The zero-order valence-electron chi connectivity index (χ0n) is 17.5. The first-order valence-corrected chi connectivity index (χ1v) is 10.7. The van der Waals surface area contributed by atoms with Gasteiger partial charge < -0.3 is 14.6 Å². The molecule has 0 fully saturated rings. The molecule has 32 heavy (non-hydrogen) atoms. The van der Waals surface area contributed by atoms with Gasteiger partial charge in [0.2, 0.25) is 0 Å². The molecule has 2 N–H and O–H groups in total. The van der Waals surface area contributed by atoms with E-state index in [2.05, 4.69) is 24.8 Å². The molecular formula is C27H22O4S. The van der Waals surface area contributed by atoms with E-state index in [0.29, 0.717) is 12.0 Å². The molecule has 1 aromatic heterocycles. The molecule has 0 aliphatic rings. The first kappa shape index (κ1) is 21.8. The molecule has 5 heteroatoms. The number of carbonyl (C=O) groups excluding carboxylic acids is 1. The van der Waals surface area contributed by atoms with Gasteiger partial charge in [0.25, 0.3) is 0 Å². The molecule has 0 spiro atoms. The van der Waals surface area contributed by atoms with Crippen LogP contribution in [0.25, 0.3) is 17.0 Å². The number of fused-ring (bicyclic) bond motifs is 1. The number of phenols is 1. The highest BCUT2D eigenvalue weighted by molar-refractivity contribution is 7.80. The topological polar surface area (TPSA) is 70.7 Å². The van der Waals surface area contributed by atoms with Crippen LogP contribution in [0, 0.1) is 12.1 Å². The Bertz CT molecular complexity index is 1270. The molecule has 0 saturated carbocycles. The van der Waals surface area contributed by atoms with Crippen LogP contribution in [0.15, 0.2) is 75.5 Å². The van der Waals surface area contributed by atoms with Crippen molar-refractivity contribution in [3.63, 3.8) is 0 Å². The van der Waals surface area contributed by atoms with Crippen molar-refractivity contribution in [2.24, 2.45) is 0 Å². The highest BCUT2D eigenvalue weighted by Gasteiger charge is 2.16. The molecule has 1 atom stereocenters. The summed E-state index contributed by atoms with van der Waals surface area (Å²) in [5.41, 5.74) is 3.62. The van der Waals surface area contributed by atoms with Gasteiger partial charge in [0.05, 0.1) is 11.0 Å². The fraction of sp³-hybridized carbons (Fsp3) is 0.148. The number of furan rings is 1. The lowest BCUT2D eigenvalue weighted by molar-refractivity contribution is -0.115. The van der Waals surface area contributed by atoms with Crippen LogP contribution >= 0.6 is 12.6 Å². The molecule has 0 bridgehead atoms. The van der Waals surface area contributed by atoms with Crippen molar-refractivity contribution in [3.05, 3.63) is 101 Å². The molecule has 0 saturated heterocycles. The van der Waals surface area contributed by atoms with Gasteiger partial charge in [0.15, 0.2) is 5.78 Å². The number of aliphatic hydroxyl groups excluding tert-OH is 1. The number of aromatic hydroxyl groups is 1. The minimum absolute atomic E-state index is 0.147. The van der Waals surface area contributed by atoms with Crippen molar-refractivity contribution in [1.82, 2.24) is 0 Å². The summed E-state index contributed by atoms with van der Waals surface area (Å²) in [7, 11) is 0. The molecule has 0 amide bonds. The van der Waals surface area contributed by atoms with E-state index >= 15 is 0 Å². The Hall–Kier alpha value is -3.46. The number of carbonyl (C=O) groups is 1. The number of thiol groups is 1. The van der Waals surface area contributed by atoms with Crippen LogP contribution < -0.4 is 0 Å². The van der Waals surface area contributed by atoms with E-state index in [4.69, 9.17) is 4.42 Å². The fourth-order valence-corrected chi connectivity index (χ4v) is 3.64. The molecule has 160 valence electrons. The minimum Gasteiger partial charge on any atom is -0.508 e. The van der Waals surface area contributed by atoms with E-state index < -0.39 is 6.10 Å². The van der Waals surface area contributed by atoms with E-state index in [1.807, 2.05) is 36.4 Å². The van der Waals surface area contributed by atoms with E-state index in [0.717, 1.165) is 38.3 Å². The van der Waals surface area contributed by atoms with Gasteiger partial charge in [-0.15, -0.1) is 12.6 Å². The number of phenolic OH excluding ortho intramolecular Hbond substituents is 1. The number of Topliss-reactive ketones (excluding diaryl/α,β-unsaturated/α-hetero) is 1. The van der Waals surface area contributed by atoms with Gasteiger partial charge in [0, 0.05) is 29.4 Å². The Morgan fingerprint density at radius 1 is 1.09 bits per heavy atom. The second-order valence-electron chi connectivity index (χ2n) is 7.72. The van der Waals surface area contributed by atoms with E-state index in [9.17, 15) is 15.0 Å². The Labute approximate surface area is 192 Å². The Balaban J connectivity index is 1.56. The SMILES string of the molecule is CC(O)/C(=C\c1ccc2oc(Cc3c#cc(S)cc3)cc2c1)C(=O)Cc1ccc(O)cc1. The lowest BCUT2D eigenvalue weighted by atomic mass is 9.97. The van der Waals surface area contributed by atoms with Crippen LogP contribution in [-0.2, 0) is 17.6 Å². The van der Waals surface area contributed by atoms with Crippen LogP contribution in [0.1, 0.15) is 29.4 Å². The van der Waals surface area contributed by atoms with Gasteiger partial charge >= 0.3 is 0 Å². The maximum Gasteiger partial charge on any atom is 0.165 e. The number of hydrogen-bond donors (Lipinski definition) is 3. The number of benzene rings is 2. The second kappa shape index (κ2) is 9.35. The summed E-state index contributed by atoms with van der Waals surface area (Å²) in [6, 6.07) is 23.9. The molecule has 4 aromatic rings. The number of hydrogen-bond acceptors (Lipinski definition) is 5. The summed E-state index contributed by atoms with van der Waals surface area (Å²) in [4.78, 5) is 13.6. The van der Waals surface area contributed by atoms with Crippen LogP contribution in [-0.4, -0.2) is 22.1 Å². The van der Waals surface area contributed by atoms with Gasteiger partial charge in [-0.1, -0.05) is 30.3 Å². The monoisotopic (exact) mass is 442 g/mol. The lowest BCUT2D eigenvalue weighted by Gasteiger charge is -2.10. The van der Waals surface area contributed by atoms with Gasteiger partial charge in [-0.2, -0.15) is 0 Å². The standard InChI is InChI=1S/C27H22O4S/c1-17(28)25(26(30)15-19-2-7-22(29)8-3-19)14-20-6-11-27-21(12-20)16-23(31-27)13-18-4-9-24(32)10-5-18/h2-4,6-9,11-12,14,16-17,28-29,32H,13,15H2,1H3/b25-14+. The van der Waals surface area contributed by atoms with Crippen LogP contribution in [0.2, 0.25) is 0 Å². The predicted octanol–water partition coefficient (Wildman–Crippen LogP) is 5.19. The third-order valence-electron chi connectivity index (χ3n) is 5.14. The van der Waals surface area contributed by atoms with Gasteiger partial charge in [-0.3, -0.25) is 4.79 Å². The van der Waals surface area contributed by atoms with Crippen LogP contribution in [0.3, 0.4) is 0 Å². The third kappa shape index (κ3) is 5.23. The number of rotatable bonds is 7. The van der Waals surface area contributed by atoms with Crippen LogP contribution in [0.4, 0.5) is 0 Å². The fourth-order valence-electron chi connectivity index (χ4n) is 3.51. The molecule has 1 unspecified atom stereocenters. The highest BCUT2D eigenvalue weighted by atomic mass is 32.1. The van der Waals surface area contributed by atoms with Crippen molar-refractivity contribution in [3.8, 4) is 5.75 Å². The highest BCUT2D eigenvalue weighted by Crippen LogP contribution is 2.24. The molecule has 1 heterocycles. The van der Waals surface area contributed by atoms with Crippen molar-refractivity contribution >= 4 is 35.5 Å². The quantitative estimate of drug-likeness (QED) is 0.272. The largest absolute Gasteiger partial charge is 0.508 e. The van der Waals surface area contributed by atoms with Crippen molar-refractivity contribution < 1.29 is 19.4 Å². The maximum atomic E-state index is 12.8. The van der Waals surface area contributed by atoms with Crippen molar-refractivity contribution in [2.75, 3.05) is 0 Å². The van der Waals surface area contributed by atoms with Gasteiger partial charge in [-0.05, 0) is 66.6 Å². The van der Waals surface area contributed by atoms with E-state index in [1.54, 1.807) is 37.3 Å². The zero-order valence-corrected chi connectivity index (χ0v) is 18.4. The zero-order chi connectivity index (χ0) is 22.7. The smallest absolute Gasteiger partial charge is 0.165 e.